The quantitative estimate of drug-likeness (QED) is 0.595. The normalized spacial score (nSPS) is 10.4. The molecule has 25 heavy (non-hydrogen) atoms. The average molecular weight is 322 g/mol. The minimum atomic E-state index is 0.677. The van der Waals surface area contributed by atoms with Gasteiger partial charge in [-0.05, 0) is 34.9 Å². The fraction of sp³-hybridized carbons (Fsp3) is 0. The van der Waals surface area contributed by atoms with Crippen molar-refractivity contribution in [3.63, 3.8) is 0 Å². The molecule has 2 heterocycles. The van der Waals surface area contributed by atoms with Crippen LogP contribution in [-0.2, 0) is 0 Å². The minimum absolute atomic E-state index is 0.677. The van der Waals surface area contributed by atoms with E-state index in [1.807, 2.05) is 54.7 Å². The molecule has 0 aliphatic rings. The van der Waals surface area contributed by atoms with Gasteiger partial charge in [0.2, 0.25) is 0 Å². The second kappa shape index (κ2) is 6.42. The van der Waals surface area contributed by atoms with E-state index in [0.717, 1.165) is 33.5 Å². The van der Waals surface area contributed by atoms with Crippen LogP contribution >= 0.6 is 0 Å². The van der Waals surface area contributed by atoms with Crippen LogP contribution in [0, 0.1) is 11.3 Å². The molecular weight excluding hydrogens is 308 g/mol. The zero-order chi connectivity index (χ0) is 17.1. The van der Waals surface area contributed by atoms with E-state index in [1.54, 1.807) is 12.4 Å². The van der Waals surface area contributed by atoms with Gasteiger partial charge in [-0.3, -0.25) is 10.1 Å². The van der Waals surface area contributed by atoms with Crippen molar-refractivity contribution < 1.29 is 0 Å². The first-order valence-electron chi connectivity index (χ1n) is 7.90. The van der Waals surface area contributed by atoms with Crippen LogP contribution < -0.4 is 0 Å². The van der Waals surface area contributed by atoms with Crippen LogP contribution in [0.1, 0.15) is 5.56 Å². The maximum Gasteiger partial charge on any atom is 0.0998 e. The third-order valence-electron chi connectivity index (χ3n) is 4.16. The Morgan fingerprint density at radius 1 is 0.760 bits per heavy atom. The maximum atomic E-state index is 9.28. The van der Waals surface area contributed by atoms with Crippen molar-refractivity contribution in [2.24, 2.45) is 0 Å². The van der Waals surface area contributed by atoms with Crippen molar-refractivity contribution in [3.8, 4) is 39.6 Å². The molecule has 4 nitrogen and oxygen atoms in total. The van der Waals surface area contributed by atoms with Crippen molar-refractivity contribution in [3.05, 3.63) is 84.8 Å². The van der Waals surface area contributed by atoms with Crippen LogP contribution in [-0.4, -0.2) is 15.2 Å². The molecule has 118 valence electrons. The Morgan fingerprint density at radius 3 is 2.16 bits per heavy atom. The molecule has 0 radical (unpaired) electrons. The summed E-state index contributed by atoms with van der Waals surface area (Å²) >= 11 is 0. The number of hydrogen-bond donors (Lipinski definition) is 1. The number of aromatic nitrogens is 3. The number of nitrogens with zero attached hydrogens (tertiary/aromatic N) is 3. The van der Waals surface area contributed by atoms with Gasteiger partial charge >= 0.3 is 0 Å². The third kappa shape index (κ3) is 2.79. The zero-order valence-corrected chi connectivity index (χ0v) is 13.3. The first-order valence-corrected chi connectivity index (χ1v) is 7.90. The van der Waals surface area contributed by atoms with E-state index < -0.39 is 0 Å². The van der Waals surface area contributed by atoms with Gasteiger partial charge in [-0.2, -0.15) is 10.4 Å². The van der Waals surface area contributed by atoms with E-state index in [1.165, 1.54) is 0 Å². The summed E-state index contributed by atoms with van der Waals surface area (Å²) in [5.74, 6) is 0. The summed E-state index contributed by atoms with van der Waals surface area (Å²) in [4.78, 5) is 4.06. The summed E-state index contributed by atoms with van der Waals surface area (Å²) in [5, 5.41) is 16.5. The molecule has 4 rings (SSSR count). The second-order valence-corrected chi connectivity index (χ2v) is 5.63. The Morgan fingerprint density at radius 2 is 1.44 bits per heavy atom. The van der Waals surface area contributed by atoms with Gasteiger partial charge in [0.25, 0.3) is 0 Å². The smallest absolute Gasteiger partial charge is 0.0998 e. The van der Waals surface area contributed by atoms with E-state index >= 15 is 0 Å². The van der Waals surface area contributed by atoms with Gasteiger partial charge in [0.15, 0.2) is 0 Å². The fourth-order valence-electron chi connectivity index (χ4n) is 2.91. The summed E-state index contributed by atoms with van der Waals surface area (Å²) in [6, 6.07) is 22.0. The van der Waals surface area contributed by atoms with E-state index in [0.29, 0.717) is 5.56 Å². The lowest BCUT2D eigenvalue weighted by atomic mass is 9.97. The predicted molar refractivity (Wildman–Crippen MR) is 97.4 cm³/mol. The van der Waals surface area contributed by atoms with Crippen LogP contribution in [0.2, 0.25) is 0 Å². The third-order valence-corrected chi connectivity index (χ3v) is 4.16. The summed E-state index contributed by atoms with van der Waals surface area (Å²) in [6.45, 7) is 0. The molecule has 0 saturated carbocycles. The molecule has 0 atom stereocenters. The monoisotopic (exact) mass is 322 g/mol. The summed E-state index contributed by atoms with van der Waals surface area (Å²) in [6.07, 6.45) is 5.36. The van der Waals surface area contributed by atoms with Gasteiger partial charge in [0, 0.05) is 23.5 Å². The Bertz CT molecular complexity index is 1040. The van der Waals surface area contributed by atoms with E-state index in [4.69, 9.17) is 0 Å². The molecule has 0 aliphatic carbocycles. The highest BCUT2D eigenvalue weighted by atomic mass is 15.1. The lowest BCUT2D eigenvalue weighted by Crippen LogP contribution is -1.86. The Kier molecular flexibility index (Phi) is 3.82. The van der Waals surface area contributed by atoms with E-state index in [-0.39, 0.29) is 0 Å². The number of H-pyrrole nitrogens is 1. The van der Waals surface area contributed by atoms with Gasteiger partial charge in [-0.15, -0.1) is 0 Å². The molecule has 0 spiro atoms. The van der Waals surface area contributed by atoms with Gasteiger partial charge in [-0.25, -0.2) is 0 Å². The molecule has 1 N–H and O–H groups in total. The summed E-state index contributed by atoms with van der Waals surface area (Å²) in [5.41, 5.74) is 6.75. The molecule has 2 aromatic heterocycles. The molecule has 4 aromatic rings. The van der Waals surface area contributed by atoms with Crippen LogP contribution in [0.5, 0.6) is 0 Å². The molecule has 2 aromatic carbocycles. The highest BCUT2D eigenvalue weighted by Gasteiger charge is 2.10. The number of nitrogens with one attached hydrogen (secondary N) is 1. The number of hydrogen-bond acceptors (Lipinski definition) is 3. The SMILES string of the molecule is N#Cc1ccccc1-c1ccc(-c2cn[nH]c2-c2ccncc2)cc1. The molecule has 0 saturated heterocycles. The number of aromatic amines is 1. The van der Waals surface area contributed by atoms with Gasteiger partial charge in [0.05, 0.1) is 23.5 Å². The van der Waals surface area contributed by atoms with Gasteiger partial charge in [-0.1, -0.05) is 42.5 Å². The topological polar surface area (TPSA) is 65.4 Å². The summed E-state index contributed by atoms with van der Waals surface area (Å²) in [7, 11) is 0. The Hall–Kier alpha value is -3.71. The molecule has 4 heteroatoms. The molecule has 0 bridgehead atoms. The fourth-order valence-corrected chi connectivity index (χ4v) is 2.91. The number of pyridine rings is 1. The molecule has 0 fully saturated rings. The van der Waals surface area contributed by atoms with Crippen LogP contribution in [0.25, 0.3) is 33.5 Å². The summed E-state index contributed by atoms with van der Waals surface area (Å²) < 4.78 is 0. The van der Waals surface area contributed by atoms with Crippen molar-refractivity contribution in [2.75, 3.05) is 0 Å². The van der Waals surface area contributed by atoms with Crippen LogP contribution in [0.15, 0.2) is 79.3 Å². The lowest BCUT2D eigenvalue weighted by Gasteiger charge is -2.07. The second-order valence-electron chi connectivity index (χ2n) is 5.63. The molecule has 0 amide bonds. The molecule has 0 unspecified atom stereocenters. The van der Waals surface area contributed by atoms with E-state index in [9.17, 15) is 5.26 Å². The highest BCUT2D eigenvalue weighted by Crippen LogP contribution is 2.31. The van der Waals surface area contributed by atoms with Crippen molar-refractivity contribution >= 4 is 0 Å². The van der Waals surface area contributed by atoms with E-state index in [2.05, 4.69) is 33.4 Å². The molecular formula is C21H14N4. The minimum Gasteiger partial charge on any atom is -0.277 e. The van der Waals surface area contributed by atoms with Crippen LogP contribution in [0.3, 0.4) is 0 Å². The number of nitriles is 1. The van der Waals surface area contributed by atoms with Crippen LogP contribution in [0.4, 0.5) is 0 Å². The van der Waals surface area contributed by atoms with Crippen molar-refractivity contribution in [1.82, 2.24) is 15.2 Å². The van der Waals surface area contributed by atoms with Gasteiger partial charge in [0.1, 0.15) is 0 Å². The van der Waals surface area contributed by atoms with Crippen molar-refractivity contribution in [1.29, 1.82) is 5.26 Å². The predicted octanol–water partition coefficient (Wildman–Crippen LogP) is 4.68. The standard InChI is InChI=1S/C21H14N4/c22-13-18-3-1-2-4-19(18)15-5-7-16(8-6-15)20-14-24-25-21(20)17-9-11-23-12-10-17/h1-12,14H,(H,24,25). The Labute approximate surface area is 145 Å². The highest BCUT2D eigenvalue weighted by molar-refractivity contribution is 5.81. The average Bonchev–Trinajstić information content (AvgIpc) is 3.18. The Balaban J connectivity index is 1.73. The zero-order valence-electron chi connectivity index (χ0n) is 13.3. The largest absolute Gasteiger partial charge is 0.277 e. The number of rotatable bonds is 3. The molecule has 0 aliphatic heterocycles. The first kappa shape index (κ1) is 14.9. The van der Waals surface area contributed by atoms with Gasteiger partial charge < -0.3 is 0 Å². The maximum absolute atomic E-state index is 9.28. The lowest BCUT2D eigenvalue weighted by molar-refractivity contribution is 1.09. The number of benzene rings is 2. The first-order chi connectivity index (χ1) is 12.4. The van der Waals surface area contributed by atoms with Crippen molar-refractivity contribution in [2.45, 2.75) is 0 Å².